The Balaban J connectivity index is 2.10. The molecule has 9 heteroatoms. The van der Waals surface area contributed by atoms with Gasteiger partial charge in [0.05, 0.1) is 6.54 Å². The summed E-state index contributed by atoms with van der Waals surface area (Å²) < 4.78 is 2.07. The molecule has 0 unspecified atom stereocenters. The number of hydrogen-bond donors (Lipinski definition) is 3. The molecule has 2 aromatic rings. The van der Waals surface area contributed by atoms with Gasteiger partial charge < -0.3 is 15.5 Å². The van der Waals surface area contributed by atoms with Crippen LogP contribution in [0.3, 0.4) is 0 Å². The van der Waals surface area contributed by atoms with Gasteiger partial charge in [-0.1, -0.05) is 64.3 Å². The number of nitrogens with one attached hydrogen (secondary N) is 1. The molecule has 3 rings (SSSR count). The van der Waals surface area contributed by atoms with Gasteiger partial charge in [0.2, 0.25) is 5.88 Å². The van der Waals surface area contributed by atoms with Crippen molar-refractivity contribution in [3.8, 4) is 5.88 Å². The van der Waals surface area contributed by atoms with E-state index in [4.69, 9.17) is 5.11 Å². The Morgan fingerprint density at radius 3 is 2.21 bits per heavy atom. The maximum atomic E-state index is 13.3. The summed E-state index contributed by atoms with van der Waals surface area (Å²) in [6.07, 6.45) is 3.95. The molecule has 0 spiro atoms. The lowest BCUT2D eigenvalue weighted by Crippen LogP contribution is -2.47. The maximum Gasteiger partial charge on any atom is 0.334 e. The molecule has 1 amide bonds. The van der Waals surface area contributed by atoms with E-state index in [0.717, 1.165) is 34.0 Å². The zero-order valence-corrected chi connectivity index (χ0v) is 19.3. The van der Waals surface area contributed by atoms with Crippen molar-refractivity contribution < 1.29 is 19.8 Å². The summed E-state index contributed by atoms with van der Waals surface area (Å²) in [6, 6.07) is 7.18. The second kappa shape index (κ2) is 9.64. The molecule has 1 heterocycles. The Hall–Kier alpha value is -3.36. The third-order valence-electron chi connectivity index (χ3n) is 6.08. The molecule has 1 aromatic carbocycles. The first-order valence-corrected chi connectivity index (χ1v) is 11.2. The predicted octanol–water partition coefficient (Wildman–Crippen LogP) is 2.38. The lowest BCUT2D eigenvalue weighted by Gasteiger charge is -2.25. The van der Waals surface area contributed by atoms with Gasteiger partial charge >= 0.3 is 11.7 Å². The first-order valence-electron chi connectivity index (χ1n) is 11.2. The summed E-state index contributed by atoms with van der Waals surface area (Å²) in [5, 5.41) is 21.8. The van der Waals surface area contributed by atoms with Gasteiger partial charge in [-0.2, -0.15) is 0 Å². The Kier molecular flexibility index (Phi) is 7.09. The third kappa shape index (κ3) is 5.35. The first kappa shape index (κ1) is 24.3. The Morgan fingerprint density at radius 1 is 1.06 bits per heavy atom. The van der Waals surface area contributed by atoms with E-state index in [0.29, 0.717) is 18.4 Å². The van der Waals surface area contributed by atoms with Crippen molar-refractivity contribution in [1.82, 2.24) is 14.5 Å². The minimum absolute atomic E-state index is 0.0404. The number of carboxylic acids is 1. The van der Waals surface area contributed by atoms with E-state index < -0.39 is 41.1 Å². The van der Waals surface area contributed by atoms with E-state index in [1.165, 1.54) is 0 Å². The molecule has 1 aliphatic carbocycles. The van der Waals surface area contributed by atoms with Crippen LogP contribution < -0.4 is 16.6 Å². The Labute approximate surface area is 191 Å². The molecule has 1 aliphatic rings. The van der Waals surface area contributed by atoms with Gasteiger partial charge in [-0.05, 0) is 29.4 Å². The van der Waals surface area contributed by atoms with Crippen molar-refractivity contribution in [2.45, 2.75) is 70.9 Å². The van der Waals surface area contributed by atoms with E-state index >= 15 is 0 Å². The minimum atomic E-state index is -1.29. The number of nitrogens with zero attached hydrogens (tertiary/aromatic N) is 2. The van der Waals surface area contributed by atoms with Crippen LogP contribution in [0, 0.1) is 0 Å². The van der Waals surface area contributed by atoms with Crippen LogP contribution in [0.25, 0.3) is 0 Å². The normalized spacial score (nSPS) is 14.8. The number of benzene rings is 1. The van der Waals surface area contributed by atoms with E-state index in [9.17, 15) is 24.3 Å². The van der Waals surface area contributed by atoms with Crippen molar-refractivity contribution in [3.05, 3.63) is 61.8 Å². The number of carbonyl (C=O) groups excluding carboxylic acids is 1. The average Bonchev–Trinajstić information content (AvgIpc) is 2.76. The van der Waals surface area contributed by atoms with Crippen LogP contribution in [0.15, 0.2) is 33.9 Å². The molecule has 0 radical (unpaired) electrons. The molecule has 1 saturated carbocycles. The van der Waals surface area contributed by atoms with Crippen LogP contribution in [0.1, 0.15) is 80.4 Å². The number of carboxylic acid groups (broad SMARTS) is 1. The standard InChI is InChI=1S/C24H31N3O6/c1-24(2,3)16-11-9-15(10-12-16)14-26-21(31)19(20(30)25-13-18(28)29)22(32)27(23(26)33)17-7-5-4-6-8-17/h9-12,17,31H,4-8,13-14H2,1-3H3,(H,25,30)(H,28,29). The molecule has 0 saturated heterocycles. The predicted molar refractivity (Wildman–Crippen MR) is 123 cm³/mol. The molecule has 0 atom stereocenters. The molecule has 178 valence electrons. The van der Waals surface area contributed by atoms with Crippen LogP contribution in [-0.4, -0.2) is 37.8 Å². The van der Waals surface area contributed by atoms with Crippen molar-refractivity contribution in [2.24, 2.45) is 0 Å². The van der Waals surface area contributed by atoms with Crippen molar-refractivity contribution in [3.63, 3.8) is 0 Å². The van der Waals surface area contributed by atoms with E-state index in [-0.39, 0.29) is 18.0 Å². The summed E-state index contributed by atoms with van der Waals surface area (Å²) in [7, 11) is 0. The molecule has 0 bridgehead atoms. The SMILES string of the molecule is CC(C)(C)c1ccc(Cn2c(O)c(C(=O)NCC(=O)O)c(=O)n(C3CCCCC3)c2=O)cc1. The minimum Gasteiger partial charge on any atom is -0.494 e. The van der Waals surface area contributed by atoms with Gasteiger partial charge in [0.25, 0.3) is 11.5 Å². The van der Waals surface area contributed by atoms with E-state index in [1.54, 1.807) is 0 Å². The number of aliphatic carboxylic acids is 1. The summed E-state index contributed by atoms with van der Waals surface area (Å²) in [4.78, 5) is 50.0. The van der Waals surface area contributed by atoms with Crippen molar-refractivity contribution in [2.75, 3.05) is 6.54 Å². The fourth-order valence-corrected chi connectivity index (χ4v) is 4.20. The molecule has 0 aliphatic heterocycles. The van der Waals surface area contributed by atoms with Crippen molar-refractivity contribution >= 4 is 11.9 Å². The van der Waals surface area contributed by atoms with Crippen LogP contribution in [0.5, 0.6) is 5.88 Å². The van der Waals surface area contributed by atoms with Gasteiger partial charge in [0, 0.05) is 6.04 Å². The topological polar surface area (TPSA) is 131 Å². The molecule has 9 nitrogen and oxygen atoms in total. The average molecular weight is 458 g/mol. The molecule has 33 heavy (non-hydrogen) atoms. The molecular formula is C24H31N3O6. The highest BCUT2D eigenvalue weighted by Gasteiger charge is 2.28. The van der Waals surface area contributed by atoms with Gasteiger partial charge in [0.1, 0.15) is 6.54 Å². The summed E-state index contributed by atoms with van der Waals surface area (Å²) in [6.45, 7) is 5.50. The second-order valence-corrected chi connectivity index (χ2v) is 9.56. The Morgan fingerprint density at radius 2 is 1.67 bits per heavy atom. The first-order chi connectivity index (χ1) is 15.5. The highest BCUT2D eigenvalue weighted by molar-refractivity contribution is 5.97. The highest BCUT2D eigenvalue weighted by Crippen LogP contribution is 2.27. The quantitative estimate of drug-likeness (QED) is 0.611. The smallest absolute Gasteiger partial charge is 0.334 e. The number of amides is 1. The van der Waals surface area contributed by atoms with Crippen molar-refractivity contribution in [1.29, 1.82) is 0 Å². The number of carbonyl (C=O) groups is 2. The number of hydrogen-bond acceptors (Lipinski definition) is 5. The third-order valence-corrected chi connectivity index (χ3v) is 6.08. The summed E-state index contributed by atoms with van der Waals surface area (Å²) in [5.41, 5.74) is -0.436. The zero-order chi connectivity index (χ0) is 24.3. The Bertz CT molecular complexity index is 1150. The second-order valence-electron chi connectivity index (χ2n) is 9.56. The molecular weight excluding hydrogens is 426 g/mol. The summed E-state index contributed by atoms with van der Waals surface area (Å²) >= 11 is 0. The molecule has 3 N–H and O–H groups in total. The lowest BCUT2D eigenvalue weighted by molar-refractivity contribution is -0.135. The van der Waals surface area contributed by atoms with Crippen LogP contribution >= 0.6 is 0 Å². The number of aromatic nitrogens is 2. The van der Waals surface area contributed by atoms with Gasteiger partial charge in [-0.25, -0.2) is 4.79 Å². The molecule has 1 aromatic heterocycles. The number of rotatable bonds is 6. The maximum absolute atomic E-state index is 13.3. The van der Waals surface area contributed by atoms with Gasteiger partial charge in [-0.3, -0.25) is 23.5 Å². The highest BCUT2D eigenvalue weighted by atomic mass is 16.4. The largest absolute Gasteiger partial charge is 0.494 e. The monoisotopic (exact) mass is 457 g/mol. The van der Waals surface area contributed by atoms with Gasteiger partial charge in [-0.15, -0.1) is 0 Å². The summed E-state index contributed by atoms with van der Waals surface area (Å²) in [5.74, 6) is -3.08. The fraction of sp³-hybridized carbons (Fsp3) is 0.500. The zero-order valence-electron chi connectivity index (χ0n) is 19.3. The van der Waals surface area contributed by atoms with Gasteiger partial charge in [0.15, 0.2) is 5.56 Å². The van der Waals surface area contributed by atoms with Crippen LogP contribution in [0.4, 0.5) is 0 Å². The van der Waals surface area contributed by atoms with E-state index in [2.05, 4.69) is 26.1 Å². The number of aromatic hydroxyl groups is 1. The molecule has 1 fully saturated rings. The van der Waals surface area contributed by atoms with Crippen LogP contribution in [0.2, 0.25) is 0 Å². The van der Waals surface area contributed by atoms with Crippen LogP contribution in [-0.2, 0) is 16.8 Å². The fourth-order valence-electron chi connectivity index (χ4n) is 4.20. The van der Waals surface area contributed by atoms with E-state index in [1.807, 2.05) is 24.3 Å². The lowest BCUT2D eigenvalue weighted by atomic mass is 9.87.